The van der Waals surface area contributed by atoms with E-state index < -0.39 is 0 Å². The van der Waals surface area contributed by atoms with Gasteiger partial charge in [0.15, 0.2) is 17.1 Å². The third kappa shape index (κ3) is 1.72. The first-order chi connectivity index (χ1) is 11.3. The summed E-state index contributed by atoms with van der Waals surface area (Å²) in [5, 5.41) is 0.970. The fourth-order valence-corrected chi connectivity index (χ4v) is 3.65. The Balaban J connectivity index is 1.79. The molecule has 1 aromatic heterocycles. The molecule has 0 saturated heterocycles. The Morgan fingerprint density at radius 1 is 1.09 bits per heavy atom. The molecule has 0 radical (unpaired) electrons. The van der Waals surface area contributed by atoms with E-state index in [1.54, 1.807) is 7.11 Å². The van der Waals surface area contributed by atoms with Crippen LogP contribution in [0.1, 0.15) is 5.56 Å². The van der Waals surface area contributed by atoms with Gasteiger partial charge >= 0.3 is 0 Å². The van der Waals surface area contributed by atoms with Crippen molar-refractivity contribution < 1.29 is 23.4 Å². The lowest BCUT2D eigenvalue weighted by Crippen LogP contribution is -2.03. The minimum atomic E-state index is 0.224. The molecule has 0 spiro atoms. The normalized spacial score (nSPS) is 14.3. The van der Waals surface area contributed by atoms with Gasteiger partial charge in [-0.05, 0) is 34.1 Å². The van der Waals surface area contributed by atoms with Crippen molar-refractivity contribution in [2.24, 2.45) is 0 Å². The molecule has 0 unspecified atom stereocenters. The maximum Gasteiger partial charge on any atom is 0.231 e. The van der Waals surface area contributed by atoms with Crippen LogP contribution < -0.4 is 18.9 Å². The molecular weight excluding hydrogens is 364 g/mol. The Morgan fingerprint density at radius 2 is 2.00 bits per heavy atom. The van der Waals surface area contributed by atoms with Crippen LogP contribution in [0, 0.1) is 0 Å². The van der Waals surface area contributed by atoms with Crippen LogP contribution in [0.25, 0.3) is 22.3 Å². The second-order valence-electron chi connectivity index (χ2n) is 5.36. The number of ether oxygens (including phenoxy) is 4. The number of hydrogen-bond donors (Lipinski definition) is 0. The van der Waals surface area contributed by atoms with Crippen LogP contribution in [0.5, 0.6) is 23.0 Å². The molecule has 0 atom stereocenters. The summed E-state index contributed by atoms with van der Waals surface area (Å²) in [5.74, 6) is 3.72. The zero-order valence-corrected chi connectivity index (χ0v) is 13.7. The predicted octanol–water partition coefficient (Wildman–Crippen LogP) is 4.49. The largest absolute Gasteiger partial charge is 0.497 e. The number of rotatable bonds is 1. The Morgan fingerprint density at radius 3 is 2.87 bits per heavy atom. The summed E-state index contributed by atoms with van der Waals surface area (Å²) in [7, 11) is 1.63. The molecule has 23 heavy (non-hydrogen) atoms. The van der Waals surface area contributed by atoms with Gasteiger partial charge < -0.3 is 23.4 Å². The lowest BCUT2D eigenvalue weighted by molar-refractivity contribution is 0.173. The van der Waals surface area contributed by atoms with Gasteiger partial charge in [-0.1, -0.05) is 0 Å². The lowest BCUT2D eigenvalue weighted by atomic mass is 10.0. The van der Waals surface area contributed by atoms with Crippen molar-refractivity contribution in [2.75, 3.05) is 13.9 Å². The zero-order valence-electron chi connectivity index (χ0n) is 12.1. The maximum atomic E-state index is 6.14. The third-order valence-electron chi connectivity index (χ3n) is 4.17. The molecular formula is C17H11BrO5. The molecule has 3 heterocycles. The van der Waals surface area contributed by atoms with Crippen LogP contribution in [-0.2, 0) is 6.61 Å². The topological polar surface area (TPSA) is 50.1 Å². The van der Waals surface area contributed by atoms with Crippen LogP contribution in [0.4, 0.5) is 0 Å². The molecule has 0 N–H and O–H groups in total. The van der Waals surface area contributed by atoms with Crippen molar-refractivity contribution in [3.8, 4) is 34.3 Å². The number of halogens is 1. The van der Waals surface area contributed by atoms with Crippen molar-refractivity contribution in [1.82, 2.24) is 0 Å². The summed E-state index contributed by atoms with van der Waals surface area (Å²) in [6, 6.07) is 7.66. The summed E-state index contributed by atoms with van der Waals surface area (Å²) < 4.78 is 29.0. The van der Waals surface area contributed by atoms with E-state index in [2.05, 4.69) is 15.9 Å². The van der Waals surface area contributed by atoms with E-state index in [9.17, 15) is 0 Å². The quantitative estimate of drug-likeness (QED) is 0.627. The minimum absolute atomic E-state index is 0.224. The molecule has 3 aromatic rings. The second kappa shape index (κ2) is 4.58. The molecule has 5 rings (SSSR count). The summed E-state index contributed by atoms with van der Waals surface area (Å²) in [6.45, 7) is 0.663. The summed E-state index contributed by atoms with van der Waals surface area (Å²) in [5.41, 5.74) is 2.67. The summed E-state index contributed by atoms with van der Waals surface area (Å²) >= 11 is 3.56. The summed E-state index contributed by atoms with van der Waals surface area (Å²) in [6.07, 6.45) is 0. The first-order valence-corrected chi connectivity index (χ1v) is 7.90. The molecule has 0 aliphatic carbocycles. The first-order valence-electron chi connectivity index (χ1n) is 7.11. The summed E-state index contributed by atoms with van der Waals surface area (Å²) in [4.78, 5) is 0. The predicted molar refractivity (Wildman–Crippen MR) is 86.4 cm³/mol. The smallest absolute Gasteiger partial charge is 0.231 e. The maximum absolute atomic E-state index is 6.14. The molecule has 0 amide bonds. The molecule has 6 heteroatoms. The van der Waals surface area contributed by atoms with Crippen molar-refractivity contribution in [3.05, 3.63) is 34.3 Å². The van der Waals surface area contributed by atoms with E-state index in [1.165, 1.54) is 0 Å². The van der Waals surface area contributed by atoms with Crippen LogP contribution in [-0.4, -0.2) is 13.9 Å². The van der Waals surface area contributed by atoms with Gasteiger partial charge in [0.1, 0.15) is 28.3 Å². The van der Waals surface area contributed by atoms with Gasteiger partial charge in [-0.2, -0.15) is 0 Å². The standard InChI is InChI=1S/C17H11BrO5/c1-19-8-2-3-9-12(4-8)20-6-11-10-5-13-17(22-7-21-13)14(18)16(10)23-15(9)11/h2-5H,6-7H2,1H3. The highest BCUT2D eigenvalue weighted by Gasteiger charge is 2.29. The average Bonchev–Trinajstić information content (AvgIpc) is 3.19. The van der Waals surface area contributed by atoms with E-state index in [4.69, 9.17) is 23.4 Å². The molecule has 0 fully saturated rings. The van der Waals surface area contributed by atoms with Gasteiger partial charge in [0, 0.05) is 17.0 Å². The monoisotopic (exact) mass is 374 g/mol. The van der Waals surface area contributed by atoms with Gasteiger partial charge in [-0.3, -0.25) is 0 Å². The molecule has 116 valence electrons. The Hall–Kier alpha value is -2.34. The van der Waals surface area contributed by atoms with Crippen LogP contribution >= 0.6 is 15.9 Å². The third-order valence-corrected chi connectivity index (χ3v) is 4.89. The van der Waals surface area contributed by atoms with E-state index in [-0.39, 0.29) is 6.79 Å². The molecule has 0 bridgehead atoms. The lowest BCUT2D eigenvalue weighted by Gasteiger charge is -2.17. The van der Waals surface area contributed by atoms with Gasteiger partial charge in [0.2, 0.25) is 6.79 Å². The number of benzene rings is 2. The van der Waals surface area contributed by atoms with Crippen molar-refractivity contribution in [3.63, 3.8) is 0 Å². The molecule has 2 aliphatic rings. The number of fused-ring (bicyclic) bond motifs is 6. The molecule has 5 nitrogen and oxygen atoms in total. The van der Waals surface area contributed by atoms with Crippen molar-refractivity contribution in [2.45, 2.75) is 6.61 Å². The number of furan rings is 1. The Bertz CT molecular complexity index is 960. The van der Waals surface area contributed by atoms with E-state index in [0.29, 0.717) is 18.1 Å². The SMILES string of the molecule is COc1ccc2c(c1)OCc1c-2oc2c(Br)c3c(cc12)OCO3. The van der Waals surface area contributed by atoms with Gasteiger partial charge in [-0.25, -0.2) is 0 Å². The van der Waals surface area contributed by atoms with Gasteiger partial charge in [-0.15, -0.1) is 0 Å². The van der Waals surface area contributed by atoms with Crippen LogP contribution in [0.3, 0.4) is 0 Å². The molecule has 0 saturated carbocycles. The van der Waals surface area contributed by atoms with Crippen LogP contribution in [0.15, 0.2) is 33.2 Å². The highest BCUT2D eigenvalue weighted by Crippen LogP contribution is 2.50. The van der Waals surface area contributed by atoms with Gasteiger partial charge in [0.25, 0.3) is 0 Å². The number of hydrogen-bond acceptors (Lipinski definition) is 5. The van der Waals surface area contributed by atoms with Crippen molar-refractivity contribution in [1.29, 1.82) is 0 Å². The fraction of sp³-hybridized carbons (Fsp3) is 0.176. The number of methoxy groups -OCH3 is 1. The van der Waals surface area contributed by atoms with E-state index in [0.717, 1.165) is 43.8 Å². The van der Waals surface area contributed by atoms with Crippen LogP contribution in [0.2, 0.25) is 0 Å². The average molecular weight is 375 g/mol. The molecule has 2 aliphatic heterocycles. The van der Waals surface area contributed by atoms with E-state index >= 15 is 0 Å². The highest BCUT2D eigenvalue weighted by atomic mass is 79.9. The zero-order chi connectivity index (χ0) is 15.6. The van der Waals surface area contributed by atoms with Crippen molar-refractivity contribution >= 4 is 26.9 Å². The van der Waals surface area contributed by atoms with Gasteiger partial charge in [0.05, 0.1) is 12.7 Å². The first kappa shape index (κ1) is 13.1. The highest BCUT2D eigenvalue weighted by molar-refractivity contribution is 9.10. The van der Waals surface area contributed by atoms with E-state index in [1.807, 2.05) is 24.3 Å². The minimum Gasteiger partial charge on any atom is -0.497 e. The fourth-order valence-electron chi connectivity index (χ4n) is 3.04. The molecule has 2 aromatic carbocycles. The second-order valence-corrected chi connectivity index (χ2v) is 6.15. The Kier molecular flexibility index (Phi) is 2.61. The Labute approximate surface area is 139 Å².